The summed E-state index contributed by atoms with van der Waals surface area (Å²) in [6.07, 6.45) is 3.07. The fourth-order valence-corrected chi connectivity index (χ4v) is 3.50. The SMILES string of the molecule is O=C1S/C(=C/c2ccc(-c3ccc(CO)cc3)o2)C(=O)N1Cc1ccco1. The van der Waals surface area contributed by atoms with Crippen LogP contribution in [0.15, 0.2) is 68.5 Å². The van der Waals surface area contributed by atoms with Crippen LogP contribution in [-0.4, -0.2) is 21.2 Å². The molecule has 27 heavy (non-hydrogen) atoms. The molecular weight excluding hydrogens is 366 g/mol. The molecule has 0 atom stereocenters. The van der Waals surface area contributed by atoms with Gasteiger partial charge in [-0.3, -0.25) is 14.5 Å². The summed E-state index contributed by atoms with van der Waals surface area (Å²) in [5.74, 6) is 1.30. The molecule has 0 saturated carbocycles. The van der Waals surface area contributed by atoms with E-state index < -0.39 is 0 Å². The Morgan fingerprint density at radius 2 is 1.89 bits per heavy atom. The minimum atomic E-state index is -0.369. The zero-order chi connectivity index (χ0) is 18.8. The highest BCUT2D eigenvalue weighted by Gasteiger charge is 2.35. The summed E-state index contributed by atoms with van der Waals surface area (Å²) in [6, 6.07) is 14.3. The second kappa shape index (κ2) is 7.30. The van der Waals surface area contributed by atoms with Gasteiger partial charge in [0.15, 0.2) is 0 Å². The molecule has 3 aromatic rings. The second-order valence-electron chi connectivity index (χ2n) is 5.90. The Kier molecular flexibility index (Phi) is 4.70. The van der Waals surface area contributed by atoms with E-state index in [0.717, 1.165) is 27.8 Å². The van der Waals surface area contributed by atoms with E-state index in [1.807, 2.05) is 24.3 Å². The van der Waals surface area contributed by atoms with Gasteiger partial charge in [0, 0.05) is 11.6 Å². The van der Waals surface area contributed by atoms with Crippen molar-refractivity contribution in [2.75, 3.05) is 0 Å². The minimum Gasteiger partial charge on any atom is -0.467 e. The average Bonchev–Trinajstić information content (AvgIpc) is 3.41. The highest BCUT2D eigenvalue weighted by molar-refractivity contribution is 8.18. The number of imide groups is 1. The molecule has 1 saturated heterocycles. The van der Waals surface area contributed by atoms with E-state index >= 15 is 0 Å². The summed E-state index contributed by atoms with van der Waals surface area (Å²) in [7, 11) is 0. The third-order valence-electron chi connectivity index (χ3n) is 4.09. The molecule has 0 bridgehead atoms. The number of rotatable bonds is 5. The number of benzene rings is 1. The van der Waals surface area contributed by atoms with Crippen LogP contribution in [0.2, 0.25) is 0 Å². The zero-order valence-corrected chi connectivity index (χ0v) is 14.9. The van der Waals surface area contributed by atoms with Crippen molar-refractivity contribution >= 4 is 29.0 Å². The summed E-state index contributed by atoms with van der Waals surface area (Å²) >= 11 is 0.878. The van der Waals surface area contributed by atoms with E-state index in [4.69, 9.17) is 13.9 Å². The van der Waals surface area contributed by atoms with Crippen LogP contribution in [0.4, 0.5) is 4.79 Å². The lowest BCUT2D eigenvalue weighted by molar-refractivity contribution is -0.123. The summed E-state index contributed by atoms with van der Waals surface area (Å²) in [6.45, 7) is 0.0905. The van der Waals surface area contributed by atoms with Crippen LogP contribution in [0, 0.1) is 0 Å². The van der Waals surface area contributed by atoms with Gasteiger partial charge in [-0.2, -0.15) is 0 Å². The third kappa shape index (κ3) is 3.60. The maximum atomic E-state index is 12.5. The molecule has 6 nitrogen and oxygen atoms in total. The molecule has 1 N–H and O–H groups in total. The molecule has 0 spiro atoms. The molecule has 136 valence electrons. The molecule has 1 aliphatic heterocycles. The zero-order valence-electron chi connectivity index (χ0n) is 14.1. The Hall–Kier alpha value is -3.03. The maximum absolute atomic E-state index is 12.5. The number of furan rings is 2. The Balaban J connectivity index is 1.52. The van der Waals surface area contributed by atoms with Gasteiger partial charge in [0.25, 0.3) is 11.1 Å². The van der Waals surface area contributed by atoms with Crippen molar-refractivity contribution in [1.82, 2.24) is 4.90 Å². The van der Waals surface area contributed by atoms with Gasteiger partial charge in [-0.1, -0.05) is 24.3 Å². The van der Waals surface area contributed by atoms with Crippen LogP contribution in [0.3, 0.4) is 0 Å². The van der Waals surface area contributed by atoms with E-state index in [1.165, 1.54) is 6.26 Å². The molecular formula is C20H15NO5S. The lowest BCUT2D eigenvalue weighted by atomic mass is 10.1. The summed E-state index contributed by atoms with van der Waals surface area (Å²) in [4.78, 5) is 26.1. The number of aliphatic hydroxyl groups excluding tert-OH is 1. The van der Waals surface area contributed by atoms with Crippen LogP contribution < -0.4 is 0 Å². The molecule has 2 amide bonds. The Morgan fingerprint density at radius 1 is 1.07 bits per heavy atom. The van der Waals surface area contributed by atoms with Crippen LogP contribution >= 0.6 is 11.8 Å². The first kappa shape index (κ1) is 17.4. The largest absolute Gasteiger partial charge is 0.467 e. The van der Waals surface area contributed by atoms with Crippen molar-refractivity contribution in [2.24, 2.45) is 0 Å². The molecule has 4 rings (SSSR count). The summed E-state index contributed by atoms with van der Waals surface area (Å²) < 4.78 is 11.0. The van der Waals surface area contributed by atoms with Crippen LogP contribution in [0.1, 0.15) is 17.1 Å². The maximum Gasteiger partial charge on any atom is 0.293 e. The standard InChI is InChI=1S/C20H15NO5S/c22-12-13-3-5-14(6-4-13)17-8-7-15(26-17)10-18-19(23)21(20(24)27-18)11-16-2-1-9-25-16/h1-10,22H,11-12H2/b18-10+. The third-order valence-corrected chi connectivity index (χ3v) is 5.00. The van der Waals surface area contributed by atoms with Crippen molar-refractivity contribution in [3.05, 3.63) is 76.8 Å². The molecule has 3 heterocycles. The number of hydrogen-bond acceptors (Lipinski definition) is 6. The lowest BCUT2D eigenvalue weighted by Crippen LogP contribution is -2.27. The predicted molar refractivity (Wildman–Crippen MR) is 100 cm³/mol. The number of thioether (sulfide) groups is 1. The highest BCUT2D eigenvalue weighted by Crippen LogP contribution is 2.34. The van der Waals surface area contributed by atoms with Crippen molar-refractivity contribution in [3.63, 3.8) is 0 Å². The Labute approximate surface area is 159 Å². The number of carbonyl (C=O) groups is 2. The topological polar surface area (TPSA) is 83.9 Å². The molecule has 1 aromatic carbocycles. The number of hydrogen-bond donors (Lipinski definition) is 1. The first-order valence-corrected chi connectivity index (χ1v) is 9.03. The van der Waals surface area contributed by atoms with Gasteiger partial charge in [-0.25, -0.2) is 0 Å². The number of carbonyl (C=O) groups excluding carboxylic acids is 2. The van der Waals surface area contributed by atoms with Crippen LogP contribution in [-0.2, 0) is 17.9 Å². The summed E-state index contributed by atoms with van der Waals surface area (Å²) in [5, 5.41) is 8.77. The Bertz CT molecular complexity index is 1000. The first-order chi connectivity index (χ1) is 13.1. The molecule has 0 unspecified atom stereocenters. The summed E-state index contributed by atoms with van der Waals surface area (Å²) in [5.41, 5.74) is 1.67. The molecule has 1 fully saturated rings. The smallest absolute Gasteiger partial charge is 0.293 e. The van der Waals surface area contributed by atoms with Gasteiger partial charge >= 0.3 is 0 Å². The monoisotopic (exact) mass is 381 g/mol. The quantitative estimate of drug-likeness (QED) is 0.665. The van der Waals surface area contributed by atoms with Crippen molar-refractivity contribution in [2.45, 2.75) is 13.2 Å². The van der Waals surface area contributed by atoms with Crippen molar-refractivity contribution in [3.8, 4) is 11.3 Å². The van der Waals surface area contributed by atoms with E-state index in [-0.39, 0.29) is 24.3 Å². The number of aliphatic hydroxyl groups is 1. The lowest BCUT2D eigenvalue weighted by Gasteiger charge is -2.09. The highest BCUT2D eigenvalue weighted by atomic mass is 32.2. The van der Waals surface area contributed by atoms with Gasteiger partial charge in [0.05, 0.1) is 24.3 Å². The number of nitrogens with zero attached hydrogens (tertiary/aromatic N) is 1. The fraction of sp³-hybridized carbons (Fsp3) is 0.100. The van der Waals surface area contributed by atoms with E-state index in [1.54, 1.807) is 30.3 Å². The number of amides is 2. The van der Waals surface area contributed by atoms with Gasteiger partial charge < -0.3 is 13.9 Å². The van der Waals surface area contributed by atoms with Gasteiger partial charge in [-0.05, 0) is 41.6 Å². The van der Waals surface area contributed by atoms with Crippen LogP contribution in [0.5, 0.6) is 0 Å². The fourth-order valence-electron chi connectivity index (χ4n) is 2.68. The van der Waals surface area contributed by atoms with Crippen molar-refractivity contribution in [1.29, 1.82) is 0 Å². The van der Waals surface area contributed by atoms with Crippen LogP contribution in [0.25, 0.3) is 17.4 Å². The predicted octanol–water partition coefficient (Wildman–Crippen LogP) is 4.27. The molecule has 1 aliphatic rings. The molecule has 7 heteroatoms. The van der Waals surface area contributed by atoms with E-state index in [0.29, 0.717) is 22.2 Å². The second-order valence-corrected chi connectivity index (χ2v) is 6.90. The van der Waals surface area contributed by atoms with Gasteiger partial charge in [0.1, 0.15) is 17.3 Å². The first-order valence-electron chi connectivity index (χ1n) is 8.22. The van der Waals surface area contributed by atoms with Gasteiger partial charge in [-0.15, -0.1) is 0 Å². The molecule has 0 radical (unpaired) electrons. The molecule has 2 aromatic heterocycles. The van der Waals surface area contributed by atoms with E-state index in [2.05, 4.69) is 0 Å². The van der Waals surface area contributed by atoms with Crippen molar-refractivity contribution < 1.29 is 23.5 Å². The molecule has 0 aliphatic carbocycles. The Morgan fingerprint density at radius 3 is 2.59 bits per heavy atom. The van der Waals surface area contributed by atoms with E-state index in [9.17, 15) is 9.59 Å². The minimum absolute atomic E-state index is 0.0162. The average molecular weight is 381 g/mol. The van der Waals surface area contributed by atoms with Gasteiger partial charge in [0.2, 0.25) is 0 Å². The normalized spacial score (nSPS) is 15.9.